The van der Waals surface area contributed by atoms with Crippen molar-refractivity contribution >= 4 is 6.09 Å². The first-order chi connectivity index (χ1) is 12.0. The molecule has 1 atom stereocenters. The van der Waals surface area contributed by atoms with Crippen molar-refractivity contribution in [2.45, 2.75) is 63.8 Å². The SMILES string of the molecule is NC(CCCNC(=O)O)c1nc(CC23CC4CC(CC(C4)C2)C3)no1. The first kappa shape index (κ1) is 16.8. The number of nitrogens with one attached hydrogen (secondary N) is 1. The molecule has 4 bridgehead atoms. The summed E-state index contributed by atoms with van der Waals surface area (Å²) in [6, 6.07) is -0.326. The van der Waals surface area contributed by atoms with Crippen LogP contribution in [0, 0.1) is 23.2 Å². The molecule has 4 aliphatic rings. The molecule has 0 radical (unpaired) electrons. The number of nitrogens with zero attached hydrogens (tertiary/aromatic N) is 2. The Hall–Kier alpha value is -1.63. The maximum absolute atomic E-state index is 10.4. The molecule has 4 saturated carbocycles. The standard InChI is InChI=1S/C18H28N4O3/c19-14(2-1-3-20-17(23)24)16-21-15(22-25-16)10-18-7-11-4-12(8-18)6-13(5-11)9-18/h11-14,20H,1-10,19H2,(H,23,24). The van der Waals surface area contributed by atoms with Crippen LogP contribution in [0.25, 0.3) is 0 Å². The van der Waals surface area contributed by atoms with Gasteiger partial charge in [0.1, 0.15) is 0 Å². The van der Waals surface area contributed by atoms with Crippen molar-refractivity contribution in [1.29, 1.82) is 0 Å². The second-order valence-electron chi connectivity index (χ2n) is 8.62. The van der Waals surface area contributed by atoms with Crippen LogP contribution in [-0.2, 0) is 6.42 Å². The molecule has 1 aromatic heterocycles. The van der Waals surface area contributed by atoms with E-state index in [1.54, 1.807) is 0 Å². The Bertz CT molecular complexity index is 594. The van der Waals surface area contributed by atoms with Crippen LogP contribution >= 0.6 is 0 Å². The molecular formula is C18H28N4O3. The smallest absolute Gasteiger partial charge is 0.404 e. The zero-order valence-electron chi connectivity index (χ0n) is 14.6. The largest absolute Gasteiger partial charge is 0.465 e. The number of hydrogen-bond donors (Lipinski definition) is 3. The van der Waals surface area contributed by atoms with Gasteiger partial charge >= 0.3 is 6.09 Å². The molecule has 1 amide bonds. The molecule has 0 aromatic carbocycles. The maximum atomic E-state index is 10.4. The van der Waals surface area contributed by atoms with Gasteiger partial charge in [-0.15, -0.1) is 0 Å². The number of carboxylic acid groups (broad SMARTS) is 1. The number of rotatable bonds is 7. The van der Waals surface area contributed by atoms with E-state index in [0.717, 1.165) is 30.0 Å². The summed E-state index contributed by atoms with van der Waals surface area (Å²) in [5.41, 5.74) is 6.51. The molecule has 7 heteroatoms. The van der Waals surface area contributed by atoms with E-state index in [1.165, 1.54) is 38.5 Å². The lowest BCUT2D eigenvalue weighted by Crippen LogP contribution is -2.47. The molecule has 0 spiro atoms. The Morgan fingerprint density at radius 1 is 1.28 bits per heavy atom. The number of nitrogens with two attached hydrogens (primary N) is 1. The zero-order chi connectivity index (χ0) is 17.4. The highest BCUT2D eigenvalue weighted by Crippen LogP contribution is 2.60. The lowest BCUT2D eigenvalue weighted by Gasteiger charge is -2.56. The fourth-order valence-electron chi connectivity index (χ4n) is 5.97. The first-order valence-corrected chi connectivity index (χ1v) is 9.56. The van der Waals surface area contributed by atoms with Gasteiger partial charge in [0.25, 0.3) is 0 Å². The Labute approximate surface area is 147 Å². The fourth-order valence-corrected chi connectivity index (χ4v) is 5.97. The van der Waals surface area contributed by atoms with Gasteiger partial charge in [-0.2, -0.15) is 4.98 Å². The van der Waals surface area contributed by atoms with E-state index in [2.05, 4.69) is 15.5 Å². The summed E-state index contributed by atoms with van der Waals surface area (Å²) in [7, 11) is 0. The van der Waals surface area contributed by atoms with Crippen molar-refractivity contribution in [2.75, 3.05) is 6.54 Å². The van der Waals surface area contributed by atoms with Gasteiger partial charge in [-0.1, -0.05) is 5.16 Å². The van der Waals surface area contributed by atoms with E-state index in [0.29, 0.717) is 30.7 Å². The van der Waals surface area contributed by atoms with Gasteiger partial charge in [-0.05, 0) is 74.5 Å². The van der Waals surface area contributed by atoms with Crippen molar-refractivity contribution in [3.05, 3.63) is 11.7 Å². The van der Waals surface area contributed by atoms with Crippen LogP contribution in [0.15, 0.2) is 4.52 Å². The molecule has 1 aromatic rings. The molecular weight excluding hydrogens is 320 g/mol. The van der Waals surface area contributed by atoms with Crippen molar-refractivity contribution in [2.24, 2.45) is 28.9 Å². The minimum absolute atomic E-state index is 0.326. The second-order valence-corrected chi connectivity index (χ2v) is 8.62. The third-order valence-electron chi connectivity index (χ3n) is 6.47. The van der Waals surface area contributed by atoms with Gasteiger partial charge in [0.2, 0.25) is 5.89 Å². The van der Waals surface area contributed by atoms with Crippen LogP contribution in [0.5, 0.6) is 0 Å². The summed E-state index contributed by atoms with van der Waals surface area (Å²) in [6.07, 6.45) is 9.49. The second kappa shape index (κ2) is 6.59. The van der Waals surface area contributed by atoms with E-state index >= 15 is 0 Å². The maximum Gasteiger partial charge on any atom is 0.404 e. The Morgan fingerprint density at radius 3 is 2.52 bits per heavy atom. The normalized spacial score (nSPS) is 34.2. The van der Waals surface area contributed by atoms with Crippen molar-refractivity contribution < 1.29 is 14.4 Å². The molecule has 0 saturated heterocycles. The van der Waals surface area contributed by atoms with Crippen LogP contribution in [0.2, 0.25) is 0 Å². The molecule has 1 heterocycles. The molecule has 138 valence electrons. The zero-order valence-corrected chi connectivity index (χ0v) is 14.6. The van der Waals surface area contributed by atoms with Crippen molar-refractivity contribution in [1.82, 2.24) is 15.5 Å². The van der Waals surface area contributed by atoms with Crippen LogP contribution < -0.4 is 11.1 Å². The highest BCUT2D eigenvalue weighted by molar-refractivity contribution is 5.64. The quantitative estimate of drug-likeness (QED) is 0.653. The van der Waals surface area contributed by atoms with Gasteiger partial charge in [-0.3, -0.25) is 0 Å². The van der Waals surface area contributed by atoms with E-state index in [9.17, 15) is 4.79 Å². The molecule has 7 nitrogen and oxygen atoms in total. The molecule has 4 fully saturated rings. The Balaban J connectivity index is 1.33. The van der Waals surface area contributed by atoms with E-state index in [-0.39, 0.29) is 6.04 Å². The number of carbonyl (C=O) groups is 1. The predicted octanol–water partition coefficient (Wildman–Crippen LogP) is 2.88. The molecule has 0 aliphatic heterocycles. The van der Waals surface area contributed by atoms with Crippen molar-refractivity contribution in [3.8, 4) is 0 Å². The van der Waals surface area contributed by atoms with E-state index < -0.39 is 6.09 Å². The van der Waals surface area contributed by atoms with Gasteiger partial charge in [-0.25, -0.2) is 4.79 Å². The average molecular weight is 348 g/mol. The van der Waals surface area contributed by atoms with Gasteiger partial charge < -0.3 is 20.7 Å². The summed E-state index contributed by atoms with van der Waals surface area (Å²) in [6.45, 7) is 0.386. The molecule has 4 aliphatic carbocycles. The highest BCUT2D eigenvalue weighted by atomic mass is 16.5. The first-order valence-electron chi connectivity index (χ1n) is 9.56. The molecule has 25 heavy (non-hydrogen) atoms. The predicted molar refractivity (Wildman–Crippen MR) is 90.8 cm³/mol. The fraction of sp³-hybridized carbons (Fsp3) is 0.833. The third kappa shape index (κ3) is 3.66. The van der Waals surface area contributed by atoms with Gasteiger partial charge in [0.15, 0.2) is 5.82 Å². The Morgan fingerprint density at radius 2 is 1.92 bits per heavy atom. The summed E-state index contributed by atoms with van der Waals surface area (Å²) in [4.78, 5) is 15.0. The van der Waals surface area contributed by atoms with E-state index in [4.69, 9.17) is 15.4 Å². The summed E-state index contributed by atoms with van der Waals surface area (Å²) in [5.74, 6) is 4.04. The number of amides is 1. The topological polar surface area (TPSA) is 114 Å². The van der Waals surface area contributed by atoms with Crippen molar-refractivity contribution in [3.63, 3.8) is 0 Å². The summed E-state index contributed by atoms with van der Waals surface area (Å²) >= 11 is 0. The van der Waals surface area contributed by atoms with Crippen LogP contribution in [0.3, 0.4) is 0 Å². The molecule has 4 N–H and O–H groups in total. The minimum atomic E-state index is -1.01. The number of hydrogen-bond acceptors (Lipinski definition) is 5. The summed E-state index contributed by atoms with van der Waals surface area (Å²) in [5, 5.41) is 15.1. The van der Waals surface area contributed by atoms with Gasteiger partial charge in [0, 0.05) is 13.0 Å². The highest BCUT2D eigenvalue weighted by Gasteiger charge is 2.51. The van der Waals surface area contributed by atoms with Crippen LogP contribution in [-0.4, -0.2) is 27.9 Å². The van der Waals surface area contributed by atoms with E-state index in [1.807, 2.05) is 0 Å². The monoisotopic (exact) mass is 348 g/mol. The summed E-state index contributed by atoms with van der Waals surface area (Å²) < 4.78 is 5.40. The lowest BCUT2D eigenvalue weighted by molar-refractivity contribution is -0.0533. The van der Waals surface area contributed by atoms with Gasteiger partial charge in [0.05, 0.1) is 6.04 Å². The van der Waals surface area contributed by atoms with Crippen LogP contribution in [0.1, 0.15) is 69.1 Å². The Kier molecular flexibility index (Phi) is 4.43. The molecule has 1 unspecified atom stereocenters. The van der Waals surface area contributed by atoms with Crippen LogP contribution in [0.4, 0.5) is 4.79 Å². The lowest BCUT2D eigenvalue weighted by atomic mass is 9.49. The average Bonchev–Trinajstić information content (AvgIpc) is 2.97. The minimum Gasteiger partial charge on any atom is -0.465 e. The third-order valence-corrected chi connectivity index (χ3v) is 6.47. The molecule has 5 rings (SSSR count). The number of aromatic nitrogens is 2.